The number of nitrogens with one attached hydrogen (secondary N) is 1. The Hall–Kier alpha value is -4.12. The van der Waals surface area contributed by atoms with Gasteiger partial charge in [-0.3, -0.25) is 4.79 Å². The van der Waals surface area contributed by atoms with Crippen molar-refractivity contribution in [2.45, 2.75) is 12.8 Å². The van der Waals surface area contributed by atoms with Gasteiger partial charge in [0.1, 0.15) is 29.8 Å². The van der Waals surface area contributed by atoms with Gasteiger partial charge < -0.3 is 10.1 Å². The molecule has 0 fully saturated rings. The number of rotatable bonds is 6. The van der Waals surface area contributed by atoms with Crippen molar-refractivity contribution in [3.05, 3.63) is 101 Å². The molecule has 1 N–H and O–H groups in total. The van der Waals surface area contributed by atoms with Gasteiger partial charge in [-0.05, 0) is 30.3 Å². The summed E-state index contributed by atoms with van der Waals surface area (Å²) >= 11 is 0. The van der Waals surface area contributed by atoms with Crippen molar-refractivity contribution in [1.82, 2.24) is 0 Å². The van der Waals surface area contributed by atoms with Crippen LogP contribution in [0.3, 0.4) is 0 Å². The molecule has 32 heavy (non-hydrogen) atoms. The first-order valence-corrected chi connectivity index (χ1v) is 9.34. The maximum absolute atomic E-state index is 13.8. The topological polar surface area (TPSA) is 62.1 Å². The standard InChI is InChI=1S/C24H16F4N2O2/c25-20-10-4-1-8-17(20)15-32-22-12-6-2-7-16(22)13-18(14-29)23(31)30-21-11-5-3-9-19(21)24(26,27)28/h1-13H,15H2,(H,30,31)/b18-13+. The number of alkyl halides is 3. The Labute approximate surface area is 181 Å². The summed E-state index contributed by atoms with van der Waals surface area (Å²) in [5, 5.41) is 11.5. The summed E-state index contributed by atoms with van der Waals surface area (Å²) in [5.74, 6) is -1.18. The molecule has 0 unspecified atom stereocenters. The molecular weight excluding hydrogens is 424 g/mol. The van der Waals surface area contributed by atoms with Gasteiger partial charge in [0.05, 0.1) is 11.3 Å². The van der Waals surface area contributed by atoms with Crippen LogP contribution in [0.1, 0.15) is 16.7 Å². The zero-order valence-corrected chi connectivity index (χ0v) is 16.5. The second-order valence-corrected chi connectivity index (χ2v) is 6.59. The first-order chi connectivity index (χ1) is 15.3. The van der Waals surface area contributed by atoms with Crippen molar-refractivity contribution in [1.29, 1.82) is 5.26 Å². The van der Waals surface area contributed by atoms with Crippen molar-refractivity contribution in [3.63, 3.8) is 0 Å². The van der Waals surface area contributed by atoms with Crippen molar-refractivity contribution in [3.8, 4) is 11.8 Å². The van der Waals surface area contributed by atoms with Crippen LogP contribution in [0.4, 0.5) is 23.2 Å². The van der Waals surface area contributed by atoms with E-state index in [-0.39, 0.29) is 12.4 Å². The van der Waals surface area contributed by atoms with Crippen LogP contribution in [-0.2, 0) is 17.6 Å². The molecule has 8 heteroatoms. The number of benzene rings is 3. The van der Waals surface area contributed by atoms with Crippen LogP contribution < -0.4 is 10.1 Å². The highest BCUT2D eigenvalue weighted by Crippen LogP contribution is 2.34. The molecule has 0 saturated heterocycles. The molecule has 0 aliphatic heterocycles. The third-order valence-corrected chi connectivity index (χ3v) is 4.41. The Morgan fingerprint density at radius 3 is 2.38 bits per heavy atom. The third kappa shape index (κ3) is 5.52. The molecule has 3 aromatic carbocycles. The van der Waals surface area contributed by atoms with Crippen LogP contribution >= 0.6 is 0 Å². The fourth-order valence-electron chi connectivity index (χ4n) is 2.84. The zero-order chi connectivity index (χ0) is 23.1. The lowest BCUT2D eigenvalue weighted by Gasteiger charge is -2.13. The maximum atomic E-state index is 13.8. The van der Waals surface area contributed by atoms with E-state index >= 15 is 0 Å². The van der Waals surface area contributed by atoms with Gasteiger partial charge in [0.15, 0.2) is 0 Å². The van der Waals surface area contributed by atoms with E-state index in [2.05, 4.69) is 5.32 Å². The monoisotopic (exact) mass is 440 g/mol. The molecule has 1 amide bonds. The third-order valence-electron chi connectivity index (χ3n) is 4.41. The number of hydrogen-bond donors (Lipinski definition) is 1. The molecular formula is C24H16F4N2O2. The summed E-state index contributed by atoms with van der Waals surface area (Å²) in [7, 11) is 0. The van der Waals surface area contributed by atoms with Crippen LogP contribution in [0.2, 0.25) is 0 Å². The predicted octanol–water partition coefficient (Wildman–Crippen LogP) is 5.97. The van der Waals surface area contributed by atoms with Gasteiger partial charge >= 0.3 is 6.18 Å². The molecule has 0 saturated carbocycles. The average Bonchev–Trinajstić information content (AvgIpc) is 2.77. The van der Waals surface area contributed by atoms with E-state index < -0.39 is 34.7 Å². The Bertz CT molecular complexity index is 1200. The van der Waals surface area contributed by atoms with Gasteiger partial charge in [-0.15, -0.1) is 0 Å². The van der Waals surface area contributed by atoms with Gasteiger partial charge in [0.25, 0.3) is 5.91 Å². The molecule has 0 aliphatic carbocycles. The number of amides is 1. The van der Waals surface area contributed by atoms with Crippen LogP contribution in [0.15, 0.2) is 78.4 Å². The van der Waals surface area contributed by atoms with Crippen LogP contribution in [-0.4, -0.2) is 5.91 Å². The second-order valence-electron chi connectivity index (χ2n) is 6.59. The fraction of sp³-hybridized carbons (Fsp3) is 0.0833. The molecule has 0 aliphatic rings. The predicted molar refractivity (Wildman–Crippen MR) is 111 cm³/mol. The lowest BCUT2D eigenvalue weighted by Crippen LogP contribution is -2.17. The molecule has 0 atom stereocenters. The molecule has 4 nitrogen and oxygen atoms in total. The molecule has 0 heterocycles. The zero-order valence-electron chi connectivity index (χ0n) is 16.5. The highest BCUT2D eigenvalue weighted by Gasteiger charge is 2.33. The summed E-state index contributed by atoms with van der Waals surface area (Å²) in [4.78, 5) is 12.5. The van der Waals surface area contributed by atoms with E-state index in [4.69, 9.17) is 4.74 Å². The lowest BCUT2D eigenvalue weighted by atomic mass is 10.1. The largest absolute Gasteiger partial charge is 0.488 e. The van der Waals surface area contributed by atoms with Gasteiger partial charge in [0, 0.05) is 11.1 Å². The van der Waals surface area contributed by atoms with Gasteiger partial charge in [-0.2, -0.15) is 18.4 Å². The number of halogens is 4. The minimum Gasteiger partial charge on any atom is -0.488 e. The summed E-state index contributed by atoms with van der Waals surface area (Å²) in [6.45, 7) is -0.0927. The molecule has 162 valence electrons. The molecule has 3 rings (SSSR count). The first-order valence-electron chi connectivity index (χ1n) is 9.34. The van der Waals surface area contributed by atoms with Crippen molar-refractivity contribution >= 4 is 17.7 Å². The number of hydrogen-bond acceptors (Lipinski definition) is 3. The van der Waals surface area contributed by atoms with Crippen molar-refractivity contribution in [2.75, 3.05) is 5.32 Å². The number of anilines is 1. The van der Waals surface area contributed by atoms with Crippen molar-refractivity contribution in [2.24, 2.45) is 0 Å². The summed E-state index contributed by atoms with van der Waals surface area (Å²) in [5.41, 5.74) is -1.27. The van der Waals surface area contributed by atoms with Gasteiger partial charge in [0.2, 0.25) is 0 Å². The summed E-state index contributed by atoms with van der Waals surface area (Å²) < 4.78 is 58.9. The number of carbonyl (C=O) groups excluding carboxylic acids is 1. The van der Waals surface area contributed by atoms with Gasteiger partial charge in [-0.1, -0.05) is 48.5 Å². The number of nitriles is 1. The van der Waals surface area contributed by atoms with Crippen LogP contribution in [0.5, 0.6) is 5.75 Å². The SMILES string of the molecule is N#C/C(=C\c1ccccc1OCc1ccccc1F)C(=O)Nc1ccccc1C(F)(F)F. The van der Waals surface area contributed by atoms with E-state index in [0.717, 1.165) is 12.1 Å². The summed E-state index contributed by atoms with van der Waals surface area (Å²) in [6.07, 6.45) is -3.48. The molecule has 0 spiro atoms. The fourth-order valence-corrected chi connectivity index (χ4v) is 2.84. The van der Waals surface area contributed by atoms with E-state index in [1.54, 1.807) is 48.5 Å². The Morgan fingerprint density at radius 1 is 1.00 bits per heavy atom. The number of carbonyl (C=O) groups is 1. The maximum Gasteiger partial charge on any atom is 0.418 e. The minimum absolute atomic E-state index is 0.0927. The number of para-hydroxylation sites is 2. The normalized spacial score (nSPS) is 11.5. The average molecular weight is 440 g/mol. The number of ether oxygens (including phenoxy) is 1. The highest BCUT2D eigenvalue weighted by molar-refractivity contribution is 6.10. The Balaban J connectivity index is 1.84. The molecule has 3 aromatic rings. The lowest BCUT2D eigenvalue weighted by molar-refractivity contribution is -0.137. The van der Waals surface area contributed by atoms with Crippen molar-refractivity contribution < 1.29 is 27.1 Å². The molecule has 0 aromatic heterocycles. The quantitative estimate of drug-likeness (QED) is 0.292. The van der Waals surface area contributed by atoms with Crippen LogP contribution in [0, 0.1) is 17.1 Å². The van der Waals surface area contributed by atoms with Crippen LogP contribution in [0.25, 0.3) is 6.08 Å². The molecule has 0 radical (unpaired) electrons. The minimum atomic E-state index is -4.67. The summed E-state index contributed by atoms with van der Waals surface area (Å²) in [6, 6.07) is 18.6. The number of nitrogens with zero attached hydrogens (tertiary/aromatic N) is 1. The van der Waals surface area contributed by atoms with E-state index in [0.29, 0.717) is 11.1 Å². The van der Waals surface area contributed by atoms with Gasteiger partial charge in [-0.25, -0.2) is 4.39 Å². The smallest absolute Gasteiger partial charge is 0.418 e. The van der Waals surface area contributed by atoms with E-state index in [9.17, 15) is 27.6 Å². The van der Waals surface area contributed by atoms with E-state index in [1.807, 2.05) is 0 Å². The molecule has 0 bridgehead atoms. The second kappa shape index (κ2) is 9.79. The van der Waals surface area contributed by atoms with E-state index in [1.165, 1.54) is 24.3 Å². The Kier molecular flexibility index (Phi) is 6.90. The first kappa shape index (κ1) is 22.6. The highest BCUT2D eigenvalue weighted by atomic mass is 19.4. The Morgan fingerprint density at radius 2 is 1.66 bits per heavy atom.